The number of rotatable bonds is 1. The van der Waals surface area contributed by atoms with Gasteiger partial charge in [0.25, 0.3) is 0 Å². The Morgan fingerprint density at radius 2 is 2.24 bits per heavy atom. The van der Waals surface area contributed by atoms with E-state index in [0.29, 0.717) is 16.8 Å². The van der Waals surface area contributed by atoms with E-state index >= 15 is 0 Å². The second-order valence-corrected chi connectivity index (χ2v) is 3.94. The molecular formula is C12H10N2O3. The maximum atomic E-state index is 11.7. The number of fused-ring (bicyclic) bond motifs is 1. The first-order chi connectivity index (χ1) is 8.02. The van der Waals surface area contributed by atoms with Crippen LogP contribution in [0.25, 0.3) is 0 Å². The molecule has 1 aliphatic heterocycles. The molecule has 0 spiro atoms. The van der Waals surface area contributed by atoms with Gasteiger partial charge in [0.15, 0.2) is 5.41 Å². The molecule has 0 saturated carbocycles. The Morgan fingerprint density at radius 3 is 2.82 bits per heavy atom. The number of carbonyl (C=O) groups is 2. The number of nitrogens with zero attached hydrogens (tertiary/aromatic N) is 1. The molecule has 0 aromatic heterocycles. The first kappa shape index (κ1) is 11.1. The minimum Gasteiger partial charge on any atom is -0.465 e. The summed E-state index contributed by atoms with van der Waals surface area (Å²) >= 11 is 0. The molecule has 1 N–H and O–H groups in total. The van der Waals surface area contributed by atoms with Crippen molar-refractivity contribution < 1.29 is 14.3 Å². The van der Waals surface area contributed by atoms with Crippen molar-refractivity contribution in [2.24, 2.45) is 0 Å². The van der Waals surface area contributed by atoms with Crippen LogP contribution in [0.3, 0.4) is 0 Å². The summed E-state index contributed by atoms with van der Waals surface area (Å²) < 4.78 is 4.58. The first-order valence-corrected chi connectivity index (χ1v) is 4.98. The predicted octanol–water partition coefficient (Wildman–Crippen LogP) is 1.21. The van der Waals surface area contributed by atoms with E-state index in [1.807, 2.05) is 6.07 Å². The number of nitriles is 1. The average Bonchev–Trinajstić information content (AvgIpc) is 2.60. The number of nitrogens with one attached hydrogen (secondary N) is 1. The molecule has 1 aromatic rings. The minimum absolute atomic E-state index is 0.341. The van der Waals surface area contributed by atoms with Gasteiger partial charge in [0, 0.05) is 11.3 Å². The zero-order valence-electron chi connectivity index (χ0n) is 9.40. The second kappa shape index (κ2) is 3.59. The summed E-state index contributed by atoms with van der Waals surface area (Å²) in [5.41, 5.74) is 0.220. The van der Waals surface area contributed by atoms with E-state index in [1.54, 1.807) is 19.1 Å². The van der Waals surface area contributed by atoms with Crippen molar-refractivity contribution in [2.75, 3.05) is 12.4 Å². The van der Waals surface area contributed by atoms with Crippen molar-refractivity contribution in [3.63, 3.8) is 0 Å². The van der Waals surface area contributed by atoms with Gasteiger partial charge in [0.2, 0.25) is 5.91 Å². The van der Waals surface area contributed by atoms with Crippen molar-refractivity contribution >= 4 is 17.6 Å². The zero-order chi connectivity index (χ0) is 12.6. The molecule has 1 heterocycles. The lowest BCUT2D eigenvalue weighted by Gasteiger charge is -2.11. The number of hydrogen-bond acceptors (Lipinski definition) is 4. The highest BCUT2D eigenvalue weighted by Gasteiger charge is 2.43. The van der Waals surface area contributed by atoms with E-state index in [4.69, 9.17) is 5.26 Å². The van der Waals surface area contributed by atoms with Crippen LogP contribution in [0.2, 0.25) is 0 Å². The largest absolute Gasteiger partial charge is 0.465 e. The van der Waals surface area contributed by atoms with Gasteiger partial charge in [-0.1, -0.05) is 6.07 Å². The molecule has 1 aromatic carbocycles. The van der Waals surface area contributed by atoms with Crippen molar-refractivity contribution in [2.45, 2.75) is 12.3 Å². The van der Waals surface area contributed by atoms with Crippen LogP contribution in [0, 0.1) is 11.3 Å². The lowest BCUT2D eigenvalue weighted by atomic mass is 9.85. The molecule has 1 amide bonds. The molecule has 0 fully saturated rings. The highest BCUT2D eigenvalue weighted by atomic mass is 16.5. The van der Waals surface area contributed by atoms with Gasteiger partial charge >= 0.3 is 5.97 Å². The highest BCUT2D eigenvalue weighted by Crippen LogP contribution is 2.37. The molecule has 5 heteroatoms. The smallest absolute Gasteiger partial charge is 0.337 e. The molecule has 0 bridgehead atoms. The number of benzene rings is 1. The summed E-state index contributed by atoms with van der Waals surface area (Å²) in [4.78, 5) is 23.0. The Bertz CT molecular complexity index is 559. The van der Waals surface area contributed by atoms with Crippen LogP contribution < -0.4 is 5.32 Å². The van der Waals surface area contributed by atoms with Gasteiger partial charge in [-0.15, -0.1) is 0 Å². The van der Waals surface area contributed by atoms with Gasteiger partial charge in [-0.2, -0.15) is 5.26 Å². The molecule has 1 unspecified atom stereocenters. The van der Waals surface area contributed by atoms with Crippen molar-refractivity contribution in [3.05, 3.63) is 29.3 Å². The van der Waals surface area contributed by atoms with Crippen LogP contribution in [0.4, 0.5) is 5.69 Å². The molecule has 86 valence electrons. The number of methoxy groups -OCH3 is 1. The average molecular weight is 230 g/mol. The maximum Gasteiger partial charge on any atom is 0.337 e. The molecule has 0 saturated heterocycles. The van der Waals surface area contributed by atoms with Crippen molar-refractivity contribution in [3.8, 4) is 6.07 Å². The topological polar surface area (TPSA) is 79.2 Å². The monoisotopic (exact) mass is 230 g/mol. The van der Waals surface area contributed by atoms with Gasteiger partial charge in [-0.05, 0) is 19.1 Å². The third kappa shape index (κ3) is 1.46. The molecule has 0 radical (unpaired) electrons. The molecular weight excluding hydrogens is 220 g/mol. The van der Waals surface area contributed by atoms with Crippen LogP contribution in [0.15, 0.2) is 18.2 Å². The van der Waals surface area contributed by atoms with Crippen molar-refractivity contribution in [1.82, 2.24) is 0 Å². The zero-order valence-corrected chi connectivity index (χ0v) is 9.40. The van der Waals surface area contributed by atoms with Gasteiger partial charge in [-0.3, -0.25) is 4.79 Å². The fourth-order valence-electron chi connectivity index (χ4n) is 1.81. The van der Waals surface area contributed by atoms with Gasteiger partial charge < -0.3 is 10.1 Å². The summed E-state index contributed by atoms with van der Waals surface area (Å²) in [5.74, 6) is -0.857. The first-order valence-electron chi connectivity index (χ1n) is 4.98. The van der Waals surface area contributed by atoms with Crippen LogP contribution >= 0.6 is 0 Å². The van der Waals surface area contributed by atoms with Gasteiger partial charge in [0.05, 0.1) is 18.7 Å². The van der Waals surface area contributed by atoms with Gasteiger partial charge in [0.1, 0.15) is 0 Å². The van der Waals surface area contributed by atoms with Gasteiger partial charge in [-0.25, -0.2) is 4.79 Å². The van der Waals surface area contributed by atoms with Crippen LogP contribution in [0.5, 0.6) is 0 Å². The van der Waals surface area contributed by atoms with Crippen molar-refractivity contribution in [1.29, 1.82) is 5.26 Å². The maximum absolute atomic E-state index is 11.7. The predicted molar refractivity (Wildman–Crippen MR) is 59.4 cm³/mol. The van der Waals surface area contributed by atoms with Crippen LogP contribution in [-0.4, -0.2) is 19.0 Å². The molecule has 1 atom stereocenters. The lowest BCUT2D eigenvalue weighted by molar-refractivity contribution is -0.118. The molecule has 2 rings (SSSR count). The summed E-state index contributed by atoms with van der Waals surface area (Å²) in [6.07, 6.45) is 0. The van der Waals surface area contributed by atoms with E-state index in [0.717, 1.165) is 0 Å². The second-order valence-electron chi connectivity index (χ2n) is 3.94. The third-order valence-electron chi connectivity index (χ3n) is 2.91. The van der Waals surface area contributed by atoms with Crippen LogP contribution in [0.1, 0.15) is 22.8 Å². The Labute approximate surface area is 98.0 Å². The molecule has 0 aliphatic carbocycles. The van der Waals surface area contributed by atoms with E-state index in [1.165, 1.54) is 13.2 Å². The highest BCUT2D eigenvalue weighted by molar-refractivity contribution is 6.09. The Hall–Kier alpha value is -2.35. The fraction of sp³-hybridized carbons (Fsp3) is 0.250. The van der Waals surface area contributed by atoms with E-state index in [-0.39, 0.29) is 5.91 Å². The number of carbonyl (C=O) groups excluding carboxylic acids is 2. The summed E-state index contributed by atoms with van der Waals surface area (Å²) in [5, 5.41) is 11.7. The minimum atomic E-state index is -1.19. The number of esters is 1. The molecule has 17 heavy (non-hydrogen) atoms. The van der Waals surface area contributed by atoms with E-state index in [2.05, 4.69) is 10.1 Å². The lowest BCUT2D eigenvalue weighted by Crippen LogP contribution is -2.28. The summed E-state index contributed by atoms with van der Waals surface area (Å²) in [6, 6.07) is 6.64. The Kier molecular flexibility index (Phi) is 2.36. The fourth-order valence-corrected chi connectivity index (χ4v) is 1.81. The Morgan fingerprint density at radius 1 is 1.53 bits per heavy atom. The number of hydrogen-bond donors (Lipinski definition) is 1. The third-order valence-corrected chi connectivity index (χ3v) is 2.91. The summed E-state index contributed by atoms with van der Waals surface area (Å²) in [7, 11) is 1.29. The van der Waals surface area contributed by atoms with E-state index < -0.39 is 11.4 Å². The standard InChI is InChI=1S/C12H10N2O3/c1-12(6-13)8-4-3-7(10(15)17-2)5-9(8)14-11(12)16/h3-5H,1-2H3,(H,14,16). The number of ether oxygens (including phenoxy) is 1. The van der Waals surface area contributed by atoms with Crippen LogP contribution in [-0.2, 0) is 14.9 Å². The number of anilines is 1. The number of amides is 1. The molecule has 1 aliphatic rings. The normalized spacial score (nSPS) is 21.4. The Balaban J connectivity index is 2.53. The SMILES string of the molecule is COC(=O)c1ccc2c(c1)NC(=O)C2(C)C#N. The molecule has 5 nitrogen and oxygen atoms in total. The van der Waals surface area contributed by atoms with E-state index in [9.17, 15) is 9.59 Å². The summed E-state index contributed by atoms with van der Waals surface area (Å²) in [6.45, 7) is 1.55. The quantitative estimate of drug-likeness (QED) is 0.735.